The summed E-state index contributed by atoms with van der Waals surface area (Å²) in [6, 6.07) is -0.0496. The first kappa shape index (κ1) is 14.4. The SMILES string of the molecule is CCCCCC(N)CC(=O)OC(C)(C)C. The predicted octanol–water partition coefficient (Wildman–Crippen LogP) is 2.63. The summed E-state index contributed by atoms with van der Waals surface area (Å²) in [7, 11) is 0. The van der Waals surface area contributed by atoms with Gasteiger partial charge in [-0.05, 0) is 27.2 Å². The van der Waals surface area contributed by atoms with Gasteiger partial charge in [-0.25, -0.2) is 0 Å². The molecule has 0 rings (SSSR count). The largest absolute Gasteiger partial charge is 0.460 e. The Kier molecular flexibility index (Phi) is 6.57. The third-order valence-electron chi connectivity index (χ3n) is 2.03. The van der Waals surface area contributed by atoms with Crippen LogP contribution in [-0.2, 0) is 9.53 Å². The standard InChI is InChI=1S/C12H25NO2/c1-5-6-7-8-10(13)9-11(14)15-12(2,3)4/h10H,5-9,13H2,1-4H3. The number of unbranched alkanes of at least 4 members (excludes halogenated alkanes) is 2. The molecule has 0 spiro atoms. The van der Waals surface area contributed by atoms with E-state index in [4.69, 9.17) is 10.5 Å². The third kappa shape index (κ3) is 9.73. The predicted molar refractivity (Wildman–Crippen MR) is 62.6 cm³/mol. The van der Waals surface area contributed by atoms with E-state index in [-0.39, 0.29) is 12.0 Å². The molecule has 0 aromatic rings. The van der Waals surface area contributed by atoms with Gasteiger partial charge in [0.2, 0.25) is 0 Å². The van der Waals surface area contributed by atoms with Crippen molar-refractivity contribution in [1.29, 1.82) is 0 Å². The van der Waals surface area contributed by atoms with E-state index >= 15 is 0 Å². The zero-order valence-corrected chi connectivity index (χ0v) is 10.5. The fourth-order valence-corrected chi connectivity index (χ4v) is 1.36. The van der Waals surface area contributed by atoms with E-state index in [9.17, 15) is 4.79 Å². The molecule has 3 nitrogen and oxygen atoms in total. The normalized spacial score (nSPS) is 13.7. The number of nitrogens with two attached hydrogens (primary N) is 1. The molecule has 0 aromatic heterocycles. The van der Waals surface area contributed by atoms with Crippen molar-refractivity contribution in [2.24, 2.45) is 5.73 Å². The highest BCUT2D eigenvalue weighted by Crippen LogP contribution is 2.11. The molecule has 0 saturated carbocycles. The second-order valence-electron chi connectivity index (χ2n) is 5.05. The molecule has 1 atom stereocenters. The van der Waals surface area contributed by atoms with Crippen molar-refractivity contribution in [2.45, 2.75) is 71.4 Å². The van der Waals surface area contributed by atoms with Crippen molar-refractivity contribution in [2.75, 3.05) is 0 Å². The summed E-state index contributed by atoms with van der Waals surface area (Å²) < 4.78 is 5.20. The van der Waals surface area contributed by atoms with Gasteiger partial charge in [-0.15, -0.1) is 0 Å². The van der Waals surface area contributed by atoms with E-state index in [1.807, 2.05) is 20.8 Å². The van der Waals surface area contributed by atoms with Gasteiger partial charge in [0.1, 0.15) is 5.60 Å². The van der Waals surface area contributed by atoms with Gasteiger partial charge >= 0.3 is 5.97 Å². The number of ether oxygens (including phenoxy) is 1. The number of hydrogen-bond acceptors (Lipinski definition) is 3. The van der Waals surface area contributed by atoms with Crippen LogP contribution in [0.5, 0.6) is 0 Å². The second kappa shape index (κ2) is 6.83. The molecule has 0 amide bonds. The fraction of sp³-hybridized carbons (Fsp3) is 0.917. The average Bonchev–Trinajstić information content (AvgIpc) is 2.00. The van der Waals surface area contributed by atoms with Crippen LogP contribution in [0.1, 0.15) is 59.8 Å². The number of carbonyl (C=O) groups excluding carboxylic acids is 1. The molecule has 0 heterocycles. The maximum absolute atomic E-state index is 11.4. The molecule has 0 fully saturated rings. The molecule has 0 aliphatic rings. The summed E-state index contributed by atoms with van der Waals surface area (Å²) in [5.41, 5.74) is 5.43. The molecule has 3 heteroatoms. The first-order chi connectivity index (χ1) is 6.85. The molecule has 0 bridgehead atoms. The molecule has 90 valence electrons. The quantitative estimate of drug-likeness (QED) is 0.547. The van der Waals surface area contributed by atoms with Crippen molar-refractivity contribution in [3.63, 3.8) is 0 Å². The van der Waals surface area contributed by atoms with Crippen LogP contribution in [0, 0.1) is 0 Å². The zero-order chi connectivity index (χ0) is 11.9. The first-order valence-corrected chi connectivity index (χ1v) is 5.82. The minimum absolute atomic E-state index is 0.0496. The van der Waals surface area contributed by atoms with Crippen molar-refractivity contribution >= 4 is 5.97 Å². The summed E-state index contributed by atoms with van der Waals surface area (Å²) in [4.78, 5) is 11.4. The Morgan fingerprint density at radius 3 is 2.40 bits per heavy atom. The Morgan fingerprint density at radius 2 is 1.93 bits per heavy atom. The highest BCUT2D eigenvalue weighted by molar-refractivity contribution is 5.70. The number of carbonyl (C=O) groups is 1. The molecular weight excluding hydrogens is 190 g/mol. The minimum Gasteiger partial charge on any atom is -0.460 e. The van der Waals surface area contributed by atoms with Gasteiger partial charge in [-0.2, -0.15) is 0 Å². The third-order valence-corrected chi connectivity index (χ3v) is 2.03. The van der Waals surface area contributed by atoms with E-state index in [1.165, 1.54) is 12.8 Å². The molecule has 0 radical (unpaired) electrons. The molecule has 15 heavy (non-hydrogen) atoms. The van der Waals surface area contributed by atoms with Gasteiger partial charge in [-0.1, -0.05) is 26.2 Å². The molecule has 0 aliphatic carbocycles. The topological polar surface area (TPSA) is 52.3 Å². The summed E-state index contributed by atoms with van der Waals surface area (Å²) in [6.45, 7) is 7.76. The monoisotopic (exact) mass is 215 g/mol. The van der Waals surface area contributed by atoms with Crippen LogP contribution in [-0.4, -0.2) is 17.6 Å². The molecular formula is C12H25NO2. The van der Waals surface area contributed by atoms with Crippen molar-refractivity contribution in [3.05, 3.63) is 0 Å². The fourth-order valence-electron chi connectivity index (χ4n) is 1.36. The van der Waals surface area contributed by atoms with E-state index in [2.05, 4.69) is 6.92 Å². The first-order valence-electron chi connectivity index (χ1n) is 5.82. The lowest BCUT2D eigenvalue weighted by Gasteiger charge is -2.20. The molecule has 0 aromatic carbocycles. The van der Waals surface area contributed by atoms with Crippen molar-refractivity contribution in [1.82, 2.24) is 0 Å². The van der Waals surface area contributed by atoms with E-state index < -0.39 is 5.60 Å². The highest BCUT2D eigenvalue weighted by atomic mass is 16.6. The Hall–Kier alpha value is -0.570. The van der Waals surface area contributed by atoms with Crippen LogP contribution in [0.25, 0.3) is 0 Å². The summed E-state index contributed by atoms with van der Waals surface area (Å²) in [5, 5.41) is 0. The van der Waals surface area contributed by atoms with Gasteiger partial charge in [-0.3, -0.25) is 4.79 Å². The Balaban J connectivity index is 3.67. The van der Waals surface area contributed by atoms with Crippen LogP contribution in [0.15, 0.2) is 0 Å². The Labute approximate surface area is 93.4 Å². The number of rotatable bonds is 6. The van der Waals surface area contributed by atoms with Crippen molar-refractivity contribution < 1.29 is 9.53 Å². The molecule has 0 saturated heterocycles. The maximum Gasteiger partial charge on any atom is 0.307 e. The zero-order valence-electron chi connectivity index (χ0n) is 10.5. The van der Waals surface area contributed by atoms with Crippen LogP contribution in [0.3, 0.4) is 0 Å². The number of esters is 1. The smallest absolute Gasteiger partial charge is 0.307 e. The van der Waals surface area contributed by atoms with Crippen LogP contribution in [0.4, 0.5) is 0 Å². The minimum atomic E-state index is -0.403. The lowest BCUT2D eigenvalue weighted by molar-refractivity contribution is -0.155. The van der Waals surface area contributed by atoms with E-state index in [0.717, 1.165) is 12.8 Å². The maximum atomic E-state index is 11.4. The highest BCUT2D eigenvalue weighted by Gasteiger charge is 2.18. The van der Waals surface area contributed by atoms with Crippen LogP contribution >= 0.6 is 0 Å². The second-order valence-corrected chi connectivity index (χ2v) is 5.05. The summed E-state index contributed by atoms with van der Waals surface area (Å²) >= 11 is 0. The molecule has 2 N–H and O–H groups in total. The van der Waals surface area contributed by atoms with E-state index in [0.29, 0.717) is 6.42 Å². The summed E-state index contributed by atoms with van der Waals surface area (Å²) in [6.07, 6.45) is 4.70. The van der Waals surface area contributed by atoms with Gasteiger partial charge in [0.25, 0.3) is 0 Å². The van der Waals surface area contributed by atoms with Crippen LogP contribution in [0.2, 0.25) is 0 Å². The summed E-state index contributed by atoms with van der Waals surface area (Å²) in [5.74, 6) is -0.188. The van der Waals surface area contributed by atoms with Gasteiger partial charge in [0, 0.05) is 6.04 Å². The van der Waals surface area contributed by atoms with Crippen LogP contribution < -0.4 is 5.73 Å². The van der Waals surface area contributed by atoms with Crippen molar-refractivity contribution in [3.8, 4) is 0 Å². The average molecular weight is 215 g/mol. The van der Waals surface area contributed by atoms with E-state index in [1.54, 1.807) is 0 Å². The lowest BCUT2D eigenvalue weighted by Crippen LogP contribution is -2.30. The number of hydrogen-bond donors (Lipinski definition) is 1. The Bertz CT molecular complexity index is 185. The van der Waals surface area contributed by atoms with Gasteiger partial charge < -0.3 is 10.5 Å². The lowest BCUT2D eigenvalue weighted by atomic mass is 10.1. The van der Waals surface area contributed by atoms with Gasteiger partial charge in [0.15, 0.2) is 0 Å². The molecule has 0 aliphatic heterocycles. The Morgan fingerprint density at radius 1 is 1.33 bits per heavy atom. The molecule has 1 unspecified atom stereocenters. The van der Waals surface area contributed by atoms with Gasteiger partial charge in [0.05, 0.1) is 6.42 Å².